The molecule has 2 N–H and O–H groups in total. The summed E-state index contributed by atoms with van der Waals surface area (Å²) in [4.78, 5) is 11.3. The predicted octanol–water partition coefficient (Wildman–Crippen LogP) is 2.36. The first-order valence-electron chi connectivity index (χ1n) is 5.11. The minimum Gasteiger partial charge on any atom is -0.469 e. The third-order valence-corrected chi connectivity index (χ3v) is 3.10. The van der Waals surface area contributed by atoms with E-state index in [1.54, 1.807) is 0 Å². The molecule has 88 valence electrons. The highest BCUT2D eigenvalue weighted by Gasteiger charge is 2.17. The van der Waals surface area contributed by atoms with Crippen molar-refractivity contribution in [2.24, 2.45) is 5.73 Å². The molecule has 0 heterocycles. The Hall–Kier alpha value is -0.870. The first-order valence-corrected chi connectivity index (χ1v) is 5.90. The van der Waals surface area contributed by atoms with Crippen LogP contribution < -0.4 is 5.73 Å². The summed E-state index contributed by atoms with van der Waals surface area (Å²) < 4.78 is 5.66. The highest BCUT2D eigenvalue weighted by Crippen LogP contribution is 2.25. The van der Waals surface area contributed by atoms with Gasteiger partial charge in [0.1, 0.15) is 0 Å². The van der Waals surface area contributed by atoms with E-state index in [1.807, 2.05) is 25.1 Å². The summed E-state index contributed by atoms with van der Waals surface area (Å²) >= 11 is 3.42. The minimum absolute atomic E-state index is 0.0185. The van der Waals surface area contributed by atoms with Gasteiger partial charge in [-0.05, 0) is 36.7 Å². The van der Waals surface area contributed by atoms with Gasteiger partial charge in [-0.25, -0.2) is 0 Å². The van der Waals surface area contributed by atoms with E-state index in [1.165, 1.54) is 7.11 Å². The number of carbonyl (C=O) groups excluding carboxylic acids is 1. The average Bonchev–Trinajstić information content (AvgIpc) is 2.29. The molecule has 0 spiro atoms. The molecule has 1 atom stereocenters. The standard InChI is InChI=1S/C12H16BrNO2/c1-8-3-4-10(13)6-11(8)9(7-14)5-12(15)16-2/h3-4,6,9H,5,7,14H2,1-2H3. The number of hydrogen-bond donors (Lipinski definition) is 1. The van der Waals surface area contributed by atoms with Crippen LogP contribution in [0.25, 0.3) is 0 Å². The van der Waals surface area contributed by atoms with Crippen molar-refractivity contribution in [2.45, 2.75) is 19.3 Å². The van der Waals surface area contributed by atoms with Gasteiger partial charge in [0.25, 0.3) is 0 Å². The number of esters is 1. The quantitative estimate of drug-likeness (QED) is 0.864. The van der Waals surface area contributed by atoms with E-state index in [9.17, 15) is 4.79 Å². The molecule has 1 aromatic carbocycles. The molecule has 0 aromatic heterocycles. The monoisotopic (exact) mass is 285 g/mol. The zero-order chi connectivity index (χ0) is 12.1. The van der Waals surface area contributed by atoms with E-state index < -0.39 is 0 Å². The number of rotatable bonds is 4. The highest BCUT2D eigenvalue weighted by molar-refractivity contribution is 9.10. The van der Waals surface area contributed by atoms with E-state index in [0.29, 0.717) is 13.0 Å². The Balaban J connectivity index is 2.94. The van der Waals surface area contributed by atoms with Crippen molar-refractivity contribution in [3.05, 3.63) is 33.8 Å². The second-order valence-corrected chi connectivity index (χ2v) is 4.63. The van der Waals surface area contributed by atoms with Gasteiger partial charge in [-0.2, -0.15) is 0 Å². The maximum atomic E-state index is 11.3. The lowest BCUT2D eigenvalue weighted by Gasteiger charge is -2.16. The van der Waals surface area contributed by atoms with Crippen LogP contribution in [0.5, 0.6) is 0 Å². The van der Waals surface area contributed by atoms with Gasteiger partial charge in [-0.3, -0.25) is 4.79 Å². The van der Waals surface area contributed by atoms with E-state index in [4.69, 9.17) is 5.73 Å². The molecule has 0 saturated heterocycles. The fourth-order valence-corrected chi connectivity index (χ4v) is 2.03. The number of halogens is 1. The normalized spacial score (nSPS) is 12.2. The van der Waals surface area contributed by atoms with Crippen LogP contribution in [0.2, 0.25) is 0 Å². The number of ether oxygens (including phenoxy) is 1. The van der Waals surface area contributed by atoms with Gasteiger partial charge in [0, 0.05) is 10.4 Å². The maximum absolute atomic E-state index is 11.3. The summed E-state index contributed by atoms with van der Waals surface area (Å²) in [6.45, 7) is 2.45. The Labute approximate surface area is 104 Å². The number of nitrogens with two attached hydrogens (primary N) is 1. The largest absolute Gasteiger partial charge is 0.469 e. The van der Waals surface area contributed by atoms with E-state index >= 15 is 0 Å². The number of methoxy groups -OCH3 is 1. The number of carbonyl (C=O) groups is 1. The second-order valence-electron chi connectivity index (χ2n) is 3.71. The lowest BCUT2D eigenvalue weighted by Crippen LogP contribution is -2.18. The zero-order valence-electron chi connectivity index (χ0n) is 9.50. The molecule has 0 aliphatic carbocycles. The molecular formula is C12H16BrNO2. The van der Waals surface area contributed by atoms with Crippen molar-refractivity contribution in [1.29, 1.82) is 0 Å². The van der Waals surface area contributed by atoms with Gasteiger partial charge in [-0.1, -0.05) is 22.0 Å². The summed E-state index contributed by atoms with van der Waals surface area (Å²) in [7, 11) is 1.39. The van der Waals surface area contributed by atoms with Gasteiger partial charge in [0.2, 0.25) is 0 Å². The van der Waals surface area contributed by atoms with E-state index in [-0.39, 0.29) is 11.9 Å². The molecule has 3 nitrogen and oxygen atoms in total. The minimum atomic E-state index is -0.227. The fourth-order valence-electron chi connectivity index (χ4n) is 1.66. The van der Waals surface area contributed by atoms with Crippen LogP contribution in [0.4, 0.5) is 0 Å². The Bertz CT molecular complexity index is 379. The third kappa shape index (κ3) is 3.32. The Morgan fingerprint density at radius 3 is 2.81 bits per heavy atom. The Morgan fingerprint density at radius 1 is 1.56 bits per heavy atom. The summed E-state index contributed by atoms with van der Waals surface area (Å²) in [6.07, 6.45) is 0.324. The van der Waals surface area contributed by atoms with Gasteiger partial charge < -0.3 is 10.5 Å². The maximum Gasteiger partial charge on any atom is 0.306 e. The third-order valence-electron chi connectivity index (χ3n) is 2.61. The van der Waals surface area contributed by atoms with Crippen LogP contribution in [0, 0.1) is 6.92 Å². The van der Waals surface area contributed by atoms with Crippen LogP contribution in [0.3, 0.4) is 0 Å². The van der Waals surface area contributed by atoms with Crippen molar-refractivity contribution in [3.8, 4) is 0 Å². The highest BCUT2D eigenvalue weighted by atomic mass is 79.9. The lowest BCUT2D eigenvalue weighted by molar-refractivity contribution is -0.141. The first kappa shape index (κ1) is 13.2. The molecule has 1 rings (SSSR count). The Kier molecular flexibility index (Phi) is 4.96. The fraction of sp³-hybridized carbons (Fsp3) is 0.417. The van der Waals surface area contributed by atoms with Crippen LogP contribution in [-0.2, 0) is 9.53 Å². The second kappa shape index (κ2) is 6.01. The van der Waals surface area contributed by atoms with Crippen molar-refractivity contribution in [3.63, 3.8) is 0 Å². The van der Waals surface area contributed by atoms with Crippen molar-refractivity contribution in [2.75, 3.05) is 13.7 Å². The van der Waals surface area contributed by atoms with Crippen LogP contribution in [0.15, 0.2) is 22.7 Å². The summed E-state index contributed by atoms with van der Waals surface area (Å²) in [5.41, 5.74) is 7.94. The summed E-state index contributed by atoms with van der Waals surface area (Å²) in [6, 6.07) is 6.00. The van der Waals surface area contributed by atoms with Crippen molar-refractivity contribution < 1.29 is 9.53 Å². The molecule has 0 amide bonds. The molecule has 16 heavy (non-hydrogen) atoms. The molecule has 1 unspecified atom stereocenters. The molecule has 0 saturated carbocycles. The molecule has 0 aliphatic rings. The average molecular weight is 286 g/mol. The van der Waals surface area contributed by atoms with Gasteiger partial charge in [0.05, 0.1) is 13.5 Å². The van der Waals surface area contributed by atoms with Gasteiger partial charge in [-0.15, -0.1) is 0 Å². The number of hydrogen-bond acceptors (Lipinski definition) is 3. The molecule has 0 radical (unpaired) electrons. The van der Waals surface area contributed by atoms with Gasteiger partial charge >= 0.3 is 5.97 Å². The van der Waals surface area contributed by atoms with Crippen LogP contribution >= 0.6 is 15.9 Å². The number of benzene rings is 1. The van der Waals surface area contributed by atoms with E-state index in [0.717, 1.165) is 15.6 Å². The topological polar surface area (TPSA) is 52.3 Å². The SMILES string of the molecule is COC(=O)CC(CN)c1cc(Br)ccc1C. The van der Waals surface area contributed by atoms with Crippen LogP contribution in [0.1, 0.15) is 23.5 Å². The molecule has 0 bridgehead atoms. The van der Waals surface area contributed by atoms with Crippen LogP contribution in [-0.4, -0.2) is 19.6 Å². The smallest absolute Gasteiger partial charge is 0.306 e. The van der Waals surface area contributed by atoms with Crippen molar-refractivity contribution in [1.82, 2.24) is 0 Å². The first-order chi connectivity index (χ1) is 7.58. The summed E-state index contributed by atoms with van der Waals surface area (Å²) in [5, 5.41) is 0. The molecule has 1 aromatic rings. The number of aryl methyl sites for hydroxylation is 1. The van der Waals surface area contributed by atoms with E-state index in [2.05, 4.69) is 20.7 Å². The molecule has 0 aliphatic heterocycles. The predicted molar refractivity (Wildman–Crippen MR) is 67.3 cm³/mol. The molecule has 0 fully saturated rings. The zero-order valence-corrected chi connectivity index (χ0v) is 11.1. The van der Waals surface area contributed by atoms with Crippen molar-refractivity contribution >= 4 is 21.9 Å². The Morgan fingerprint density at radius 2 is 2.25 bits per heavy atom. The van der Waals surface area contributed by atoms with Gasteiger partial charge in [0.15, 0.2) is 0 Å². The molecular weight excluding hydrogens is 270 g/mol. The molecule has 4 heteroatoms. The lowest BCUT2D eigenvalue weighted by atomic mass is 9.92. The summed E-state index contributed by atoms with van der Waals surface area (Å²) in [5.74, 6) is -0.209.